The zero-order chi connectivity index (χ0) is 11.6. The van der Waals surface area contributed by atoms with Gasteiger partial charge in [-0.25, -0.2) is 8.78 Å². The van der Waals surface area contributed by atoms with Gasteiger partial charge < -0.3 is 4.74 Å². The Labute approximate surface area is 90.5 Å². The maximum Gasteiger partial charge on any atom is 0.147 e. The van der Waals surface area contributed by atoms with Gasteiger partial charge in [-0.2, -0.15) is 0 Å². The van der Waals surface area contributed by atoms with Crippen molar-refractivity contribution >= 4 is 0 Å². The molecule has 4 nitrogen and oxygen atoms in total. The van der Waals surface area contributed by atoms with Crippen LogP contribution in [0.2, 0.25) is 0 Å². The molecule has 0 spiro atoms. The van der Waals surface area contributed by atoms with Crippen LogP contribution in [0.15, 0.2) is 23.3 Å². The van der Waals surface area contributed by atoms with Gasteiger partial charge in [0.15, 0.2) is 0 Å². The number of fused-ring (bicyclic) bond motifs is 1. The van der Waals surface area contributed by atoms with E-state index in [1.165, 1.54) is 18.2 Å². The minimum Gasteiger partial charge on any atom is -0.484 e. The molecule has 1 aliphatic rings. The Hall–Kier alpha value is -1.81. The van der Waals surface area contributed by atoms with Gasteiger partial charge in [-0.1, -0.05) is 5.11 Å². The molecule has 1 aliphatic heterocycles. The van der Waals surface area contributed by atoms with Crippen molar-refractivity contribution in [3.05, 3.63) is 40.0 Å². The van der Waals surface area contributed by atoms with Crippen molar-refractivity contribution in [1.29, 1.82) is 0 Å². The molecule has 84 valence electrons. The Kier molecular flexibility index (Phi) is 2.66. The first-order valence-corrected chi connectivity index (χ1v) is 4.73. The lowest BCUT2D eigenvalue weighted by atomic mass is 9.99. The molecule has 1 unspecified atom stereocenters. The van der Waals surface area contributed by atoms with E-state index in [1.54, 1.807) is 0 Å². The Balaban J connectivity index is 2.27. The molecule has 16 heavy (non-hydrogen) atoms. The van der Waals surface area contributed by atoms with Crippen LogP contribution in [0.4, 0.5) is 8.78 Å². The molecule has 0 saturated heterocycles. The summed E-state index contributed by atoms with van der Waals surface area (Å²) in [5.41, 5.74) is 7.66. The molecule has 0 N–H and O–H groups in total. The predicted molar refractivity (Wildman–Crippen MR) is 53.5 cm³/mol. The van der Waals surface area contributed by atoms with Crippen LogP contribution in [0.3, 0.4) is 0 Å². The lowest BCUT2D eigenvalue weighted by molar-refractivity contribution is 0.0730. The minimum absolute atomic E-state index is 0.101. The molecule has 2 rings (SSSR count). The first-order chi connectivity index (χ1) is 7.69. The lowest BCUT2D eigenvalue weighted by Gasteiger charge is -2.22. The predicted octanol–water partition coefficient (Wildman–Crippen LogP) is 2.78. The number of azide groups is 1. The molecule has 6 heteroatoms. The van der Waals surface area contributed by atoms with Crippen LogP contribution >= 0.6 is 0 Å². The lowest BCUT2D eigenvalue weighted by Crippen LogP contribution is -2.40. The molecule has 1 aromatic carbocycles. The molecule has 0 aromatic heterocycles. The summed E-state index contributed by atoms with van der Waals surface area (Å²) in [4.78, 5) is 2.58. The molecule has 1 aromatic rings. The molecule has 0 bridgehead atoms. The SMILES string of the molecule is [N-]=[N+]=NCC1(CF)Cc2cc(F)ccc2O1. The maximum atomic E-state index is 12.9. The summed E-state index contributed by atoms with van der Waals surface area (Å²) >= 11 is 0. The van der Waals surface area contributed by atoms with Crippen molar-refractivity contribution in [3.8, 4) is 5.75 Å². The van der Waals surface area contributed by atoms with Gasteiger partial charge in [0, 0.05) is 16.9 Å². The van der Waals surface area contributed by atoms with Crippen molar-refractivity contribution in [1.82, 2.24) is 0 Å². The van der Waals surface area contributed by atoms with Crippen LogP contribution in [0.1, 0.15) is 5.56 Å². The fourth-order valence-corrected chi connectivity index (χ4v) is 1.77. The topological polar surface area (TPSA) is 58.0 Å². The summed E-state index contributed by atoms with van der Waals surface area (Å²) in [5.74, 6) is 0.0629. The van der Waals surface area contributed by atoms with Gasteiger partial charge in [0.05, 0.1) is 6.54 Å². The van der Waals surface area contributed by atoms with E-state index in [0.29, 0.717) is 11.3 Å². The number of hydrogen-bond donors (Lipinski definition) is 0. The average Bonchev–Trinajstić information content (AvgIpc) is 2.65. The largest absolute Gasteiger partial charge is 0.484 e. The molecule has 0 aliphatic carbocycles. The number of benzene rings is 1. The van der Waals surface area contributed by atoms with Gasteiger partial charge in [0.2, 0.25) is 0 Å². The number of rotatable bonds is 3. The van der Waals surface area contributed by atoms with Crippen molar-refractivity contribution in [2.45, 2.75) is 12.0 Å². The van der Waals surface area contributed by atoms with Gasteiger partial charge in [-0.05, 0) is 23.7 Å². The standard InChI is InChI=1S/C10H9F2N3O/c11-5-10(6-14-15-13)4-7-3-8(12)1-2-9(7)16-10/h1-3H,4-6H2. The number of alkyl halides is 1. The van der Waals surface area contributed by atoms with Crippen LogP contribution in [0.5, 0.6) is 5.75 Å². The van der Waals surface area contributed by atoms with E-state index >= 15 is 0 Å². The molecule has 1 atom stereocenters. The molecular formula is C10H9F2N3O. The summed E-state index contributed by atoms with van der Waals surface area (Å²) in [6, 6.07) is 4.02. The first kappa shape index (κ1) is 10.7. The van der Waals surface area contributed by atoms with E-state index in [-0.39, 0.29) is 18.8 Å². The van der Waals surface area contributed by atoms with Gasteiger partial charge in [0.25, 0.3) is 0 Å². The fraction of sp³-hybridized carbons (Fsp3) is 0.400. The van der Waals surface area contributed by atoms with Crippen molar-refractivity contribution in [3.63, 3.8) is 0 Å². The molecule has 0 fully saturated rings. The summed E-state index contributed by atoms with van der Waals surface area (Å²) in [5, 5.41) is 3.32. The zero-order valence-corrected chi connectivity index (χ0v) is 8.36. The molecular weight excluding hydrogens is 216 g/mol. The summed E-state index contributed by atoms with van der Waals surface area (Å²) in [6.45, 7) is -0.876. The summed E-state index contributed by atoms with van der Waals surface area (Å²) in [6.07, 6.45) is 0.218. The quantitative estimate of drug-likeness (QED) is 0.443. The number of nitrogens with zero attached hydrogens (tertiary/aromatic N) is 3. The third-order valence-electron chi connectivity index (χ3n) is 2.53. The van der Waals surface area contributed by atoms with Gasteiger partial charge in [0.1, 0.15) is 23.8 Å². The van der Waals surface area contributed by atoms with Crippen LogP contribution in [0.25, 0.3) is 10.4 Å². The summed E-state index contributed by atoms with van der Waals surface area (Å²) < 4.78 is 31.3. The number of halogens is 2. The van der Waals surface area contributed by atoms with E-state index < -0.39 is 12.3 Å². The van der Waals surface area contributed by atoms with Gasteiger partial charge >= 0.3 is 0 Å². The van der Waals surface area contributed by atoms with E-state index in [4.69, 9.17) is 10.3 Å². The van der Waals surface area contributed by atoms with E-state index in [9.17, 15) is 8.78 Å². The van der Waals surface area contributed by atoms with E-state index in [2.05, 4.69) is 10.0 Å². The highest BCUT2D eigenvalue weighted by molar-refractivity contribution is 5.40. The van der Waals surface area contributed by atoms with Gasteiger partial charge in [-0.3, -0.25) is 0 Å². The maximum absolute atomic E-state index is 12.9. The fourth-order valence-electron chi connectivity index (χ4n) is 1.77. The van der Waals surface area contributed by atoms with Crippen LogP contribution < -0.4 is 4.74 Å². The normalized spacial score (nSPS) is 22.1. The molecule has 0 amide bonds. The second-order valence-electron chi connectivity index (χ2n) is 3.74. The second kappa shape index (κ2) is 3.98. The van der Waals surface area contributed by atoms with Crippen LogP contribution in [0, 0.1) is 5.82 Å². The Morgan fingerprint density at radius 1 is 1.56 bits per heavy atom. The first-order valence-electron chi connectivity index (χ1n) is 4.73. The van der Waals surface area contributed by atoms with E-state index in [0.717, 1.165) is 0 Å². The number of ether oxygens (including phenoxy) is 1. The molecule has 0 radical (unpaired) electrons. The van der Waals surface area contributed by atoms with Crippen molar-refractivity contribution in [2.75, 3.05) is 13.2 Å². The van der Waals surface area contributed by atoms with Crippen LogP contribution in [-0.4, -0.2) is 18.8 Å². The van der Waals surface area contributed by atoms with Crippen molar-refractivity contribution < 1.29 is 13.5 Å². The Morgan fingerprint density at radius 3 is 3.06 bits per heavy atom. The van der Waals surface area contributed by atoms with Crippen LogP contribution in [-0.2, 0) is 6.42 Å². The third kappa shape index (κ3) is 1.79. The van der Waals surface area contributed by atoms with Crippen molar-refractivity contribution in [2.24, 2.45) is 5.11 Å². The molecule has 0 saturated carbocycles. The highest BCUT2D eigenvalue weighted by Gasteiger charge is 2.39. The third-order valence-corrected chi connectivity index (χ3v) is 2.53. The number of hydrogen-bond acceptors (Lipinski definition) is 2. The average molecular weight is 225 g/mol. The monoisotopic (exact) mass is 225 g/mol. The minimum atomic E-state index is -1.16. The smallest absolute Gasteiger partial charge is 0.147 e. The molecule has 1 heterocycles. The zero-order valence-electron chi connectivity index (χ0n) is 8.36. The Bertz CT molecular complexity index is 459. The summed E-state index contributed by atoms with van der Waals surface area (Å²) in [7, 11) is 0. The Morgan fingerprint density at radius 2 is 2.38 bits per heavy atom. The van der Waals surface area contributed by atoms with Gasteiger partial charge in [-0.15, -0.1) is 0 Å². The second-order valence-corrected chi connectivity index (χ2v) is 3.74. The highest BCUT2D eigenvalue weighted by atomic mass is 19.1. The van der Waals surface area contributed by atoms with E-state index in [1.807, 2.05) is 0 Å². The highest BCUT2D eigenvalue weighted by Crippen LogP contribution is 2.36.